The van der Waals surface area contributed by atoms with E-state index in [1.54, 1.807) is 0 Å². The van der Waals surface area contributed by atoms with Crippen molar-refractivity contribution in [2.75, 3.05) is 6.61 Å². The summed E-state index contributed by atoms with van der Waals surface area (Å²) in [5, 5.41) is 8.99. The van der Waals surface area contributed by atoms with E-state index in [0.29, 0.717) is 6.61 Å². The van der Waals surface area contributed by atoms with E-state index in [2.05, 4.69) is 40.8 Å². The van der Waals surface area contributed by atoms with Gasteiger partial charge in [0.1, 0.15) is 0 Å². The van der Waals surface area contributed by atoms with E-state index in [1.807, 2.05) is 0 Å². The maximum Gasteiger partial charge on any atom is 0.308 e. The van der Waals surface area contributed by atoms with E-state index in [9.17, 15) is 9.59 Å². The molecule has 0 aromatic heterocycles. The van der Waals surface area contributed by atoms with Crippen molar-refractivity contribution in [3.8, 4) is 0 Å². The van der Waals surface area contributed by atoms with Gasteiger partial charge >= 0.3 is 11.9 Å². The number of hydrogen-bond donors (Lipinski definition) is 1. The predicted octanol–water partition coefficient (Wildman–Crippen LogP) is 3.98. The molecule has 0 rings (SSSR count). The van der Waals surface area contributed by atoms with E-state index in [0.717, 1.165) is 19.3 Å². The molecule has 1 atom stereocenters. The van der Waals surface area contributed by atoms with Crippen LogP contribution >= 0.6 is 0 Å². The molecule has 0 bridgehead atoms. The second-order valence-corrected chi connectivity index (χ2v) is 12.0. The molecule has 0 aliphatic rings. The van der Waals surface area contributed by atoms with Crippen molar-refractivity contribution in [1.82, 2.24) is 0 Å². The molecule has 0 amide bonds. The summed E-state index contributed by atoms with van der Waals surface area (Å²) in [6.45, 7) is 12.8. The number of rotatable bonds is 10. The number of carbonyl (C=O) groups excluding carboxylic acids is 1. The highest BCUT2D eigenvalue weighted by molar-refractivity contribution is 6.74. The quantitative estimate of drug-likeness (QED) is 0.372. The van der Waals surface area contributed by atoms with Gasteiger partial charge in [0.05, 0.1) is 25.6 Å². The summed E-state index contributed by atoms with van der Waals surface area (Å²) in [4.78, 5) is 22.9. The first-order valence-electron chi connectivity index (χ1n) is 8.05. The highest BCUT2D eigenvalue weighted by atomic mass is 28.4. The summed E-state index contributed by atoms with van der Waals surface area (Å²) in [6, 6.07) is 0. The first-order valence-corrected chi connectivity index (χ1v) is 11.0. The lowest BCUT2D eigenvalue weighted by Crippen LogP contribution is -2.45. The highest BCUT2D eigenvalue weighted by Gasteiger charge is 2.40. The van der Waals surface area contributed by atoms with Crippen LogP contribution in [0.4, 0.5) is 0 Å². The van der Waals surface area contributed by atoms with E-state index >= 15 is 0 Å². The lowest BCUT2D eigenvalue weighted by atomic mass is 10.2. The lowest BCUT2D eigenvalue weighted by Gasteiger charge is -2.38. The van der Waals surface area contributed by atoms with Gasteiger partial charge in [-0.3, -0.25) is 9.59 Å². The van der Waals surface area contributed by atoms with Gasteiger partial charge in [0, 0.05) is 0 Å². The number of carbonyl (C=O) groups is 2. The molecule has 0 heterocycles. The summed E-state index contributed by atoms with van der Waals surface area (Å²) in [7, 11) is -2.12. The Morgan fingerprint density at radius 3 is 2.18 bits per heavy atom. The van der Waals surface area contributed by atoms with Crippen LogP contribution in [-0.2, 0) is 18.8 Å². The van der Waals surface area contributed by atoms with Crippen molar-refractivity contribution in [3.05, 3.63) is 0 Å². The van der Waals surface area contributed by atoms with Crippen LogP contribution in [0.15, 0.2) is 0 Å². The third-order valence-electron chi connectivity index (χ3n) is 4.08. The summed E-state index contributed by atoms with van der Waals surface area (Å²) < 4.78 is 11.2. The molecule has 0 unspecified atom stereocenters. The van der Waals surface area contributed by atoms with Crippen molar-refractivity contribution in [2.45, 2.75) is 84.0 Å². The number of carboxylic acids is 1. The van der Waals surface area contributed by atoms with Gasteiger partial charge in [-0.25, -0.2) is 0 Å². The smallest absolute Gasteiger partial charge is 0.308 e. The van der Waals surface area contributed by atoms with Crippen molar-refractivity contribution < 1.29 is 23.9 Å². The zero-order valence-corrected chi connectivity index (χ0v) is 15.9. The maximum absolute atomic E-state index is 11.9. The molecule has 5 nitrogen and oxygen atoms in total. The average molecular weight is 333 g/mol. The molecule has 0 radical (unpaired) electrons. The molecular formula is C16H32O5Si. The van der Waals surface area contributed by atoms with Crippen LogP contribution in [0, 0.1) is 0 Å². The van der Waals surface area contributed by atoms with Gasteiger partial charge in [0.2, 0.25) is 0 Å². The molecule has 0 spiro atoms. The third kappa shape index (κ3) is 8.53. The van der Waals surface area contributed by atoms with Crippen molar-refractivity contribution >= 4 is 20.3 Å². The van der Waals surface area contributed by atoms with Gasteiger partial charge < -0.3 is 14.3 Å². The summed E-state index contributed by atoms with van der Waals surface area (Å²) in [5.41, 5.74) is 0. The molecule has 0 aliphatic heterocycles. The molecule has 1 N–H and O–H groups in total. The summed E-state index contributed by atoms with van der Waals surface area (Å²) in [6.07, 6.45) is 2.15. The van der Waals surface area contributed by atoms with Gasteiger partial charge in [-0.15, -0.1) is 0 Å². The Labute approximate surface area is 135 Å². The monoisotopic (exact) mass is 332 g/mol. The van der Waals surface area contributed by atoms with Crippen LogP contribution in [0.25, 0.3) is 0 Å². The van der Waals surface area contributed by atoms with Gasteiger partial charge in [0.15, 0.2) is 8.32 Å². The first-order chi connectivity index (χ1) is 9.99. The Morgan fingerprint density at radius 1 is 1.14 bits per heavy atom. The number of aliphatic carboxylic acids is 1. The molecule has 6 heteroatoms. The fourth-order valence-corrected chi connectivity index (χ4v) is 3.08. The molecule has 0 aromatic rings. The zero-order valence-electron chi connectivity index (χ0n) is 14.9. The van der Waals surface area contributed by atoms with Crippen molar-refractivity contribution in [1.29, 1.82) is 0 Å². The van der Waals surface area contributed by atoms with Gasteiger partial charge in [-0.1, -0.05) is 40.5 Å². The largest absolute Gasteiger partial charge is 0.481 e. The minimum atomic E-state index is -2.12. The maximum atomic E-state index is 11.9. The molecule has 22 heavy (non-hydrogen) atoms. The van der Waals surface area contributed by atoms with Gasteiger partial charge in [0.25, 0.3) is 0 Å². The normalized spacial score (nSPS) is 13.7. The standard InChI is InChI=1S/C16H32O5Si/c1-7-8-9-10-20-15(19)12-13(11-14(17)18)21-22(5,6)16(2,3)4/h13H,7-12H2,1-6H3,(H,17,18)/t13-/m0/s1. The van der Waals surface area contributed by atoms with Crippen LogP contribution < -0.4 is 0 Å². The van der Waals surface area contributed by atoms with Gasteiger partial charge in [-0.2, -0.15) is 0 Å². The Hall–Kier alpha value is -0.883. The summed E-state index contributed by atoms with van der Waals surface area (Å²) in [5.74, 6) is -1.33. The molecular weight excluding hydrogens is 300 g/mol. The van der Waals surface area contributed by atoms with Gasteiger partial charge in [-0.05, 0) is 24.6 Å². The van der Waals surface area contributed by atoms with Crippen LogP contribution in [0.3, 0.4) is 0 Å². The SMILES string of the molecule is CCCCCOC(=O)C[C@H](CC(=O)O)O[Si](C)(C)C(C)(C)C. The second-order valence-electron chi connectivity index (χ2n) is 7.23. The number of esters is 1. The minimum absolute atomic E-state index is 0.00490. The number of unbranched alkanes of at least 4 members (excludes halogenated alkanes) is 2. The number of ether oxygens (including phenoxy) is 1. The first kappa shape index (κ1) is 21.1. The van der Waals surface area contributed by atoms with Crippen LogP contribution in [0.1, 0.15) is 59.8 Å². The summed E-state index contributed by atoms with van der Waals surface area (Å²) >= 11 is 0. The molecule has 130 valence electrons. The van der Waals surface area contributed by atoms with Crippen LogP contribution in [0.5, 0.6) is 0 Å². The molecule has 0 saturated heterocycles. The topological polar surface area (TPSA) is 72.8 Å². The number of carboxylic acid groups (broad SMARTS) is 1. The third-order valence-corrected chi connectivity index (χ3v) is 8.61. The second kappa shape index (κ2) is 9.30. The van der Waals surface area contributed by atoms with Crippen molar-refractivity contribution in [2.24, 2.45) is 0 Å². The average Bonchev–Trinajstić information content (AvgIpc) is 2.31. The zero-order chi connectivity index (χ0) is 17.4. The van der Waals surface area contributed by atoms with Crippen LogP contribution in [-0.4, -0.2) is 38.1 Å². The van der Waals surface area contributed by atoms with E-state index in [4.69, 9.17) is 14.3 Å². The minimum Gasteiger partial charge on any atom is -0.481 e. The van der Waals surface area contributed by atoms with E-state index in [1.165, 1.54) is 0 Å². The van der Waals surface area contributed by atoms with E-state index < -0.39 is 20.4 Å². The Morgan fingerprint density at radius 2 is 1.73 bits per heavy atom. The van der Waals surface area contributed by atoms with Crippen molar-refractivity contribution in [3.63, 3.8) is 0 Å². The Kier molecular flexibility index (Phi) is 8.93. The highest BCUT2D eigenvalue weighted by Crippen LogP contribution is 2.38. The Balaban J connectivity index is 4.58. The van der Waals surface area contributed by atoms with Crippen LogP contribution in [0.2, 0.25) is 18.1 Å². The molecule has 0 aromatic carbocycles. The Bertz CT molecular complexity index is 360. The lowest BCUT2D eigenvalue weighted by molar-refractivity contribution is -0.147. The fourth-order valence-electron chi connectivity index (χ4n) is 1.73. The number of hydrogen-bond acceptors (Lipinski definition) is 4. The fraction of sp³-hybridized carbons (Fsp3) is 0.875. The van der Waals surface area contributed by atoms with E-state index in [-0.39, 0.29) is 23.8 Å². The molecule has 0 aliphatic carbocycles. The predicted molar refractivity (Wildman–Crippen MR) is 89.4 cm³/mol. The molecule has 0 saturated carbocycles. The molecule has 0 fully saturated rings.